The van der Waals surface area contributed by atoms with Crippen LogP contribution in [0.2, 0.25) is 10.2 Å². The number of para-hydroxylation sites is 2. The first kappa shape index (κ1) is 30.3. The minimum atomic E-state index is -1.26. The highest BCUT2D eigenvalue weighted by atomic mass is 35.5. The van der Waals surface area contributed by atoms with Gasteiger partial charge in [-0.2, -0.15) is 0 Å². The van der Waals surface area contributed by atoms with Crippen molar-refractivity contribution in [1.82, 2.24) is 10.3 Å². The number of pyridine rings is 1. The summed E-state index contributed by atoms with van der Waals surface area (Å²) in [6, 6.07) is 30.5. The van der Waals surface area contributed by atoms with Gasteiger partial charge in [0, 0.05) is 23.2 Å². The number of carboxylic acids is 1. The van der Waals surface area contributed by atoms with E-state index >= 15 is 0 Å². The van der Waals surface area contributed by atoms with Gasteiger partial charge in [0.05, 0.1) is 16.8 Å². The Balaban J connectivity index is 1.30. The largest absolute Gasteiger partial charge is 0.480 e. The number of carbonyl (C=O) groups excluding carboxylic acids is 2. The first-order chi connectivity index (χ1) is 21.3. The fraction of sp³-hybridized carbons (Fsp3) is 0.0588. The number of amides is 2. The number of nitrogens with zero attached hydrogens (tertiary/aromatic N) is 1. The number of benzene rings is 4. The summed E-state index contributed by atoms with van der Waals surface area (Å²) < 4.78 is 6.08. The maximum atomic E-state index is 13.3. The van der Waals surface area contributed by atoms with E-state index in [1.165, 1.54) is 36.5 Å². The summed E-state index contributed by atoms with van der Waals surface area (Å²) in [4.78, 5) is 42.1. The molecule has 8 nitrogen and oxygen atoms in total. The Kier molecular flexibility index (Phi) is 9.54. The average Bonchev–Trinajstić information content (AvgIpc) is 3.03. The number of nitrogens with one attached hydrogen (secondary N) is 2. The van der Waals surface area contributed by atoms with Gasteiger partial charge in [0.25, 0.3) is 11.8 Å². The second kappa shape index (κ2) is 13.9. The topological polar surface area (TPSA) is 118 Å². The second-order valence-corrected chi connectivity index (χ2v) is 10.5. The van der Waals surface area contributed by atoms with Gasteiger partial charge in [-0.05, 0) is 59.7 Å². The summed E-state index contributed by atoms with van der Waals surface area (Å²) in [6.07, 6.45) is 1.32. The van der Waals surface area contributed by atoms with Crippen LogP contribution in [0, 0.1) is 0 Å². The molecule has 1 aromatic heterocycles. The quantitative estimate of drug-likeness (QED) is 0.138. The van der Waals surface area contributed by atoms with Crippen LogP contribution in [0.5, 0.6) is 11.5 Å². The number of hydrogen-bond acceptors (Lipinski definition) is 5. The van der Waals surface area contributed by atoms with Crippen molar-refractivity contribution in [2.45, 2.75) is 12.5 Å². The van der Waals surface area contributed by atoms with E-state index in [0.717, 1.165) is 11.1 Å². The molecule has 220 valence electrons. The summed E-state index contributed by atoms with van der Waals surface area (Å²) >= 11 is 11.9. The van der Waals surface area contributed by atoms with E-state index in [9.17, 15) is 19.5 Å². The lowest BCUT2D eigenvalue weighted by Gasteiger charge is -2.17. The van der Waals surface area contributed by atoms with Crippen LogP contribution in [0.15, 0.2) is 115 Å². The van der Waals surface area contributed by atoms with Crippen molar-refractivity contribution in [3.05, 3.63) is 142 Å². The Morgan fingerprint density at radius 3 is 2.25 bits per heavy atom. The van der Waals surface area contributed by atoms with Gasteiger partial charge in [0.1, 0.15) is 22.7 Å². The van der Waals surface area contributed by atoms with Crippen molar-refractivity contribution >= 4 is 46.7 Å². The third-order valence-electron chi connectivity index (χ3n) is 6.63. The highest BCUT2D eigenvalue weighted by Gasteiger charge is 2.24. The monoisotopic (exact) mass is 625 g/mol. The van der Waals surface area contributed by atoms with Crippen LogP contribution >= 0.6 is 23.2 Å². The van der Waals surface area contributed by atoms with Crippen LogP contribution in [-0.4, -0.2) is 33.9 Å². The lowest BCUT2D eigenvalue weighted by atomic mass is 9.99. The number of aliphatic carboxylic acids is 1. The van der Waals surface area contributed by atoms with E-state index in [1.807, 2.05) is 78.9 Å². The molecular formula is C34H25Cl2N3O5. The van der Waals surface area contributed by atoms with Crippen LogP contribution < -0.4 is 15.4 Å². The highest BCUT2D eigenvalue weighted by Crippen LogP contribution is 2.33. The zero-order valence-electron chi connectivity index (χ0n) is 23.0. The molecule has 10 heteroatoms. The van der Waals surface area contributed by atoms with Gasteiger partial charge < -0.3 is 20.5 Å². The molecule has 0 aliphatic carbocycles. The second-order valence-electron chi connectivity index (χ2n) is 9.69. The van der Waals surface area contributed by atoms with E-state index in [4.69, 9.17) is 27.9 Å². The molecule has 2 amide bonds. The minimum absolute atomic E-state index is 0.00407. The molecule has 1 atom stereocenters. The van der Waals surface area contributed by atoms with Crippen molar-refractivity contribution in [2.75, 3.05) is 5.32 Å². The summed E-state index contributed by atoms with van der Waals surface area (Å²) in [7, 11) is 0. The van der Waals surface area contributed by atoms with Crippen molar-refractivity contribution < 1.29 is 24.2 Å². The lowest BCUT2D eigenvalue weighted by Crippen LogP contribution is -2.42. The molecule has 3 N–H and O–H groups in total. The van der Waals surface area contributed by atoms with E-state index in [1.54, 1.807) is 0 Å². The molecule has 0 radical (unpaired) electrons. The Morgan fingerprint density at radius 1 is 0.818 bits per heavy atom. The van der Waals surface area contributed by atoms with Crippen molar-refractivity contribution in [3.8, 4) is 22.6 Å². The Bertz CT molecular complexity index is 1800. The number of anilines is 1. The van der Waals surface area contributed by atoms with E-state index in [0.29, 0.717) is 17.1 Å². The number of aromatic nitrogens is 1. The van der Waals surface area contributed by atoms with Crippen LogP contribution in [0.4, 0.5) is 5.69 Å². The van der Waals surface area contributed by atoms with Gasteiger partial charge >= 0.3 is 5.97 Å². The Morgan fingerprint density at radius 2 is 1.55 bits per heavy atom. The molecule has 0 saturated carbocycles. The van der Waals surface area contributed by atoms with E-state index in [-0.39, 0.29) is 33.4 Å². The maximum Gasteiger partial charge on any atom is 0.326 e. The minimum Gasteiger partial charge on any atom is -0.480 e. The number of carbonyl (C=O) groups is 3. The van der Waals surface area contributed by atoms with Gasteiger partial charge in [0.15, 0.2) is 0 Å². The first-order valence-corrected chi connectivity index (χ1v) is 14.2. The smallest absolute Gasteiger partial charge is 0.326 e. The molecule has 0 saturated heterocycles. The normalized spacial score (nSPS) is 11.3. The number of halogens is 2. The SMILES string of the molecule is O=C(Nc1ccc(Cl)cc1C(=O)NC(Cc1ccc(-c2ccccc2Oc2ccccc2)cc1)C(=O)O)c1ccc(Cl)nc1. The van der Waals surface area contributed by atoms with Gasteiger partial charge in [-0.15, -0.1) is 0 Å². The molecule has 5 rings (SSSR count). The van der Waals surface area contributed by atoms with Crippen LogP contribution in [0.3, 0.4) is 0 Å². The fourth-order valence-electron chi connectivity index (χ4n) is 4.42. The van der Waals surface area contributed by atoms with Gasteiger partial charge in [-0.3, -0.25) is 9.59 Å². The van der Waals surface area contributed by atoms with Crippen LogP contribution in [0.1, 0.15) is 26.3 Å². The van der Waals surface area contributed by atoms with Crippen LogP contribution in [0.25, 0.3) is 11.1 Å². The molecule has 5 aromatic rings. The molecular weight excluding hydrogens is 601 g/mol. The predicted molar refractivity (Wildman–Crippen MR) is 170 cm³/mol. The summed E-state index contributed by atoms with van der Waals surface area (Å²) in [6.45, 7) is 0. The number of carboxylic acid groups (broad SMARTS) is 1. The molecule has 0 bridgehead atoms. The Labute approximate surface area is 263 Å². The fourth-order valence-corrected chi connectivity index (χ4v) is 4.70. The molecule has 1 unspecified atom stereocenters. The van der Waals surface area contributed by atoms with E-state index in [2.05, 4.69) is 15.6 Å². The zero-order valence-corrected chi connectivity index (χ0v) is 24.5. The zero-order chi connectivity index (χ0) is 31.1. The number of rotatable bonds is 10. The molecule has 0 fully saturated rings. The summed E-state index contributed by atoms with van der Waals surface area (Å²) in [5, 5.41) is 15.6. The van der Waals surface area contributed by atoms with Gasteiger partial charge in [-0.1, -0.05) is 83.9 Å². The maximum absolute atomic E-state index is 13.3. The molecule has 0 aliphatic rings. The molecule has 4 aromatic carbocycles. The molecule has 1 heterocycles. The van der Waals surface area contributed by atoms with Gasteiger partial charge in [0.2, 0.25) is 0 Å². The molecule has 0 spiro atoms. The van der Waals surface area contributed by atoms with Crippen LogP contribution in [-0.2, 0) is 11.2 Å². The molecule has 44 heavy (non-hydrogen) atoms. The van der Waals surface area contributed by atoms with Gasteiger partial charge in [-0.25, -0.2) is 9.78 Å². The lowest BCUT2D eigenvalue weighted by molar-refractivity contribution is -0.139. The number of hydrogen-bond donors (Lipinski definition) is 3. The third kappa shape index (κ3) is 7.60. The first-order valence-electron chi connectivity index (χ1n) is 13.4. The molecule has 0 aliphatic heterocycles. The standard InChI is InChI=1S/C34H25Cl2N3O5/c35-24-15-16-28(38-32(40)23-14-17-31(36)37-20-23)27(19-24)33(41)39-29(34(42)43)18-21-10-12-22(13-11-21)26-8-4-5-9-30(26)44-25-6-2-1-3-7-25/h1-17,19-20,29H,18H2,(H,38,40)(H,39,41)(H,42,43). The summed E-state index contributed by atoms with van der Waals surface area (Å²) in [5.74, 6) is -1.08. The van der Waals surface area contributed by atoms with Crippen molar-refractivity contribution in [2.24, 2.45) is 0 Å². The third-order valence-corrected chi connectivity index (χ3v) is 7.09. The number of ether oxygens (including phenoxy) is 1. The Hall–Kier alpha value is -5.18. The highest BCUT2D eigenvalue weighted by molar-refractivity contribution is 6.31. The summed E-state index contributed by atoms with van der Waals surface area (Å²) in [5.41, 5.74) is 2.82. The predicted octanol–water partition coefficient (Wildman–Crippen LogP) is 7.53. The average molecular weight is 626 g/mol. The van der Waals surface area contributed by atoms with E-state index < -0.39 is 23.8 Å². The van der Waals surface area contributed by atoms with Crippen molar-refractivity contribution in [1.29, 1.82) is 0 Å². The van der Waals surface area contributed by atoms with Crippen molar-refractivity contribution in [3.63, 3.8) is 0 Å².